The van der Waals surface area contributed by atoms with E-state index in [9.17, 15) is 4.79 Å². The summed E-state index contributed by atoms with van der Waals surface area (Å²) in [4.78, 5) is 11.7. The Labute approximate surface area is 107 Å². The summed E-state index contributed by atoms with van der Waals surface area (Å²) in [5.74, 6) is 3.84. The molecule has 1 saturated heterocycles. The van der Waals surface area contributed by atoms with Crippen molar-refractivity contribution in [1.82, 2.24) is 5.32 Å². The normalized spacial score (nSPS) is 24.8. The zero-order valence-corrected chi connectivity index (χ0v) is 11.7. The molecule has 0 aromatic rings. The molecule has 0 aliphatic carbocycles. The van der Waals surface area contributed by atoms with Crippen LogP contribution >= 0.6 is 23.5 Å². The van der Waals surface area contributed by atoms with Crippen molar-refractivity contribution in [2.75, 3.05) is 23.8 Å². The van der Waals surface area contributed by atoms with E-state index in [4.69, 9.17) is 5.73 Å². The number of carbonyl (C=O) groups excluding carboxylic acids is 1. The smallest absolute Gasteiger partial charge is 0.237 e. The maximum atomic E-state index is 11.7. The van der Waals surface area contributed by atoms with Gasteiger partial charge in [0.25, 0.3) is 0 Å². The van der Waals surface area contributed by atoms with Gasteiger partial charge in [0.05, 0.1) is 6.04 Å². The molecule has 1 rings (SSSR count). The van der Waals surface area contributed by atoms with Gasteiger partial charge in [0.2, 0.25) is 5.91 Å². The summed E-state index contributed by atoms with van der Waals surface area (Å²) in [5, 5.41) is 3.53. The fraction of sp³-hybridized carbons (Fsp3) is 0.909. The maximum absolute atomic E-state index is 11.7. The minimum Gasteiger partial charge on any atom is -0.354 e. The molecule has 5 heteroatoms. The van der Waals surface area contributed by atoms with Crippen LogP contribution in [0.25, 0.3) is 0 Å². The number of hydrogen-bond donors (Lipinski definition) is 2. The molecule has 0 bridgehead atoms. The van der Waals surface area contributed by atoms with Crippen molar-refractivity contribution < 1.29 is 4.79 Å². The van der Waals surface area contributed by atoms with E-state index in [1.807, 2.05) is 30.4 Å². The lowest BCUT2D eigenvalue weighted by molar-refractivity contribution is -0.123. The number of hydrogen-bond acceptors (Lipinski definition) is 4. The Kier molecular flexibility index (Phi) is 6.61. The van der Waals surface area contributed by atoms with Gasteiger partial charge in [-0.1, -0.05) is 20.3 Å². The van der Waals surface area contributed by atoms with Gasteiger partial charge < -0.3 is 11.1 Å². The maximum Gasteiger partial charge on any atom is 0.237 e. The second kappa shape index (κ2) is 7.45. The molecule has 0 aromatic carbocycles. The van der Waals surface area contributed by atoms with E-state index in [2.05, 4.69) is 12.2 Å². The molecular weight excluding hydrogens is 240 g/mol. The largest absolute Gasteiger partial charge is 0.354 e. The zero-order valence-electron chi connectivity index (χ0n) is 10.1. The predicted molar refractivity (Wildman–Crippen MR) is 74.0 cm³/mol. The molecule has 0 aromatic heterocycles. The van der Waals surface area contributed by atoms with Gasteiger partial charge in [-0.3, -0.25) is 4.79 Å². The molecule has 1 heterocycles. The first-order valence-corrected chi connectivity index (χ1v) is 8.08. The van der Waals surface area contributed by atoms with Gasteiger partial charge >= 0.3 is 0 Å². The minimum absolute atomic E-state index is 0.00511. The number of amides is 1. The highest BCUT2D eigenvalue weighted by atomic mass is 32.2. The molecule has 1 amide bonds. The Morgan fingerprint density at radius 1 is 1.56 bits per heavy atom. The van der Waals surface area contributed by atoms with Crippen LogP contribution in [0.15, 0.2) is 0 Å². The van der Waals surface area contributed by atoms with E-state index in [-0.39, 0.29) is 17.9 Å². The first-order valence-electron chi connectivity index (χ1n) is 5.87. The Balaban J connectivity index is 2.23. The van der Waals surface area contributed by atoms with E-state index in [1.54, 1.807) is 0 Å². The summed E-state index contributed by atoms with van der Waals surface area (Å²) in [6.45, 7) is 4.85. The standard InChI is InChI=1S/C11H22N2OS2/c1-3-8(2)10(12)11(14)13-6-9-7-15-4-5-16-9/h8-10H,3-7,12H2,1-2H3,(H,13,14)/t8-,9?,10-/m0/s1. The molecule has 1 aliphatic rings. The van der Waals surface area contributed by atoms with Crippen LogP contribution in [0.2, 0.25) is 0 Å². The third kappa shape index (κ3) is 4.55. The number of nitrogens with one attached hydrogen (secondary N) is 1. The van der Waals surface area contributed by atoms with Gasteiger partial charge in [-0.25, -0.2) is 0 Å². The Bertz CT molecular complexity index is 220. The van der Waals surface area contributed by atoms with Crippen LogP contribution in [0.5, 0.6) is 0 Å². The van der Waals surface area contributed by atoms with Crippen LogP contribution in [-0.4, -0.2) is 41.0 Å². The number of thioether (sulfide) groups is 2. The van der Waals surface area contributed by atoms with Crippen molar-refractivity contribution in [2.45, 2.75) is 31.6 Å². The number of nitrogens with two attached hydrogens (primary N) is 1. The molecule has 94 valence electrons. The van der Waals surface area contributed by atoms with E-state index in [0.29, 0.717) is 5.25 Å². The summed E-state index contributed by atoms with van der Waals surface area (Å²) in [6.07, 6.45) is 0.947. The monoisotopic (exact) mass is 262 g/mol. The Morgan fingerprint density at radius 3 is 2.88 bits per heavy atom. The van der Waals surface area contributed by atoms with Crippen LogP contribution in [-0.2, 0) is 4.79 Å². The average molecular weight is 262 g/mol. The Hall–Kier alpha value is 0.130. The quantitative estimate of drug-likeness (QED) is 0.785. The molecule has 0 saturated carbocycles. The van der Waals surface area contributed by atoms with Crippen LogP contribution in [0.3, 0.4) is 0 Å². The number of rotatable bonds is 5. The van der Waals surface area contributed by atoms with E-state index < -0.39 is 0 Å². The fourth-order valence-corrected chi connectivity index (χ4v) is 4.11. The predicted octanol–water partition coefficient (Wildman–Crippen LogP) is 1.32. The van der Waals surface area contributed by atoms with Gasteiger partial charge in [0.15, 0.2) is 0 Å². The molecule has 3 N–H and O–H groups in total. The van der Waals surface area contributed by atoms with E-state index in [1.165, 1.54) is 11.5 Å². The molecule has 16 heavy (non-hydrogen) atoms. The molecule has 1 unspecified atom stereocenters. The lowest BCUT2D eigenvalue weighted by Crippen LogP contribution is -2.46. The molecule has 0 spiro atoms. The van der Waals surface area contributed by atoms with Crippen LogP contribution in [0, 0.1) is 5.92 Å². The zero-order chi connectivity index (χ0) is 12.0. The van der Waals surface area contributed by atoms with Crippen molar-refractivity contribution in [3.8, 4) is 0 Å². The first-order chi connectivity index (χ1) is 7.65. The van der Waals surface area contributed by atoms with Gasteiger partial charge in [0, 0.05) is 29.1 Å². The average Bonchev–Trinajstić information content (AvgIpc) is 2.35. The lowest BCUT2D eigenvalue weighted by atomic mass is 9.99. The molecule has 0 radical (unpaired) electrons. The second-order valence-electron chi connectivity index (χ2n) is 4.22. The lowest BCUT2D eigenvalue weighted by Gasteiger charge is -2.23. The van der Waals surface area contributed by atoms with Gasteiger partial charge in [-0.05, 0) is 5.92 Å². The molecular formula is C11H22N2OS2. The van der Waals surface area contributed by atoms with E-state index >= 15 is 0 Å². The first kappa shape index (κ1) is 14.2. The fourth-order valence-electron chi connectivity index (χ4n) is 1.50. The van der Waals surface area contributed by atoms with Crippen molar-refractivity contribution in [1.29, 1.82) is 0 Å². The SMILES string of the molecule is CC[C@H](C)[C@H](N)C(=O)NCC1CSCCS1. The highest BCUT2D eigenvalue weighted by Gasteiger charge is 2.21. The molecule has 3 nitrogen and oxygen atoms in total. The summed E-state index contributed by atoms with van der Waals surface area (Å²) in [6, 6.07) is -0.355. The molecule has 3 atom stereocenters. The van der Waals surface area contributed by atoms with Crippen LogP contribution in [0.1, 0.15) is 20.3 Å². The Morgan fingerprint density at radius 2 is 2.31 bits per heavy atom. The third-order valence-corrected chi connectivity index (χ3v) is 5.79. The van der Waals surface area contributed by atoms with Crippen molar-refractivity contribution in [3.05, 3.63) is 0 Å². The van der Waals surface area contributed by atoms with E-state index in [0.717, 1.165) is 18.7 Å². The highest BCUT2D eigenvalue weighted by molar-refractivity contribution is 8.06. The topological polar surface area (TPSA) is 55.1 Å². The summed E-state index contributed by atoms with van der Waals surface area (Å²) >= 11 is 3.93. The van der Waals surface area contributed by atoms with Gasteiger partial charge in [0.1, 0.15) is 0 Å². The van der Waals surface area contributed by atoms with Gasteiger partial charge in [-0.2, -0.15) is 23.5 Å². The second-order valence-corrected chi connectivity index (χ2v) is 6.78. The number of carbonyl (C=O) groups is 1. The minimum atomic E-state index is -0.355. The van der Waals surface area contributed by atoms with Crippen molar-refractivity contribution in [3.63, 3.8) is 0 Å². The summed E-state index contributed by atoms with van der Waals surface area (Å²) in [5.41, 5.74) is 5.86. The van der Waals surface area contributed by atoms with Gasteiger partial charge in [-0.15, -0.1) is 0 Å². The summed E-state index contributed by atoms with van der Waals surface area (Å²) in [7, 11) is 0. The summed E-state index contributed by atoms with van der Waals surface area (Å²) < 4.78 is 0. The van der Waals surface area contributed by atoms with Crippen LogP contribution in [0.4, 0.5) is 0 Å². The third-order valence-electron chi connectivity index (χ3n) is 2.95. The van der Waals surface area contributed by atoms with Crippen LogP contribution < -0.4 is 11.1 Å². The van der Waals surface area contributed by atoms with Crippen molar-refractivity contribution in [2.24, 2.45) is 11.7 Å². The van der Waals surface area contributed by atoms with Crippen molar-refractivity contribution >= 4 is 29.4 Å². The highest BCUT2D eigenvalue weighted by Crippen LogP contribution is 2.23. The molecule has 1 fully saturated rings. The molecule has 1 aliphatic heterocycles.